The van der Waals surface area contributed by atoms with Gasteiger partial charge in [0.05, 0.1) is 19.1 Å². The molecule has 0 unspecified atom stereocenters. The van der Waals surface area contributed by atoms with Crippen LogP contribution < -0.4 is 10.1 Å². The largest absolute Gasteiger partial charge is 0.481 e. The first-order valence-electron chi connectivity index (χ1n) is 5.92. The van der Waals surface area contributed by atoms with Crippen LogP contribution in [-0.2, 0) is 0 Å². The zero-order valence-corrected chi connectivity index (χ0v) is 10.8. The van der Waals surface area contributed by atoms with E-state index in [1.807, 2.05) is 26.0 Å². The molecule has 0 aliphatic carbocycles. The van der Waals surface area contributed by atoms with E-state index < -0.39 is 0 Å². The van der Waals surface area contributed by atoms with Gasteiger partial charge in [0.15, 0.2) is 0 Å². The summed E-state index contributed by atoms with van der Waals surface area (Å²) in [5.41, 5.74) is 0. The van der Waals surface area contributed by atoms with Crippen LogP contribution in [0, 0.1) is 17.2 Å². The van der Waals surface area contributed by atoms with E-state index in [0.29, 0.717) is 11.8 Å². The van der Waals surface area contributed by atoms with Crippen molar-refractivity contribution in [3.63, 3.8) is 0 Å². The van der Waals surface area contributed by atoms with Crippen LogP contribution in [0.4, 0.5) is 0 Å². The number of aromatic nitrogens is 1. The highest BCUT2D eigenvalue weighted by atomic mass is 16.5. The number of rotatable bonds is 1. The molecule has 1 aromatic rings. The smallest absolute Gasteiger partial charge is 0.212 e. The Hall–Kier alpha value is -1.60. The summed E-state index contributed by atoms with van der Waals surface area (Å²) in [6, 6.07) is 7.74. The average Bonchev–Trinajstić information content (AvgIpc) is 2.96. The Morgan fingerprint density at radius 1 is 1.47 bits per heavy atom. The molecule has 4 nitrogen and oxygen atoms in total. The second-order valence-corrected chi connectivity index (χ2v) is 3.19. The zero-order chi connectivity index (χ0) is 12.9. The van der Waals surface area contributed by atoms with Crippen LogP contribution in [0.25, 0.3) is 0 Å². The molecular weight excluding hydrogens is 214 g/mol. The summed E-state index contributed by atoms with van der Waals surface area (Å²) in [4.78, 5) is 3.88. The lowest BCUT2D eigenvalue weighted by Gasteiger charge is -1.92. The number of nitriles is 1. The molecule has 1 fully saturated rings. The van der Waals surface area contributed by atoms with Crippen LogP contribution in [0.1, 0.15) is 20.3 Å². The molecule has 1 aliphatic rings. The van der Waals surface area contributed by atoms with Gasteiger partial charge in [-0.2, -0.15) is 5.26 Å². The molecule has 0 spiro atoms. The van der Waals surface area contributed by atoms with Gasteiger partial charge in [-0.15, -0.1) is 0 Å². The summed E-state index contributed by atoms with van der Waals surface area (Å²) in [5.74, 6) is 0.951. The summed E-state index contributed by atoms with van der Waals surface area (Å²) in [6.07, 6.45) is 2.73. The van der Waals surface area contributed by atoms with Gasteiger partial charge in [0.2, 0.25) is 5.88 Å². The molecule has 1 aromatic heterocycles. The molecule has 0 saturated carbocycles. The molecule has 0 amide bonds. The first-order valence-corrected chi connectivity index (χ1v) is 5.92. The fourth-order valence-corrected chi connectivity index (χ4v) is 1.23. The number of pyridine rings is 1. The van der Waals surface area contributed by atoms with E-state index in [9.17, 15) is 0 Å². The van der Waals surface area contributed by atoms with Crippen LogP contribution in [-0.4, -0.2) is 25.2 Å². The fourth-order valence-electron chi connectivity index (χ4n) is 1.23. The van der Waals surface area contributed by atoms with Crippen LogP contribution in [0.15, 0.2) is 24.4 Å². The fraction of sp³-hybridized carbons (Fsp3) is 0.538. The standard InChI is InChI=1S/C6H7NO.C5H8N2.C2H6/c1-8-6-4-2-3-5-7-6;6-3-5-1-2-7-4-5;1-2/h2-5H,1H3;5,7H,1-2,4H2;1-2H3/t;5-;/m.1./s1. The van der Waals surface area contributed by atoms with Gasteiger partial charge in [-0.1, -0.05) is 19.9 Å². The van der Waals surface area contributed by atoms with Crippen LogP contribution in [0.5, 0.6) is 5.88 Å². The summed E-state index contributed by atoms with van der Waals surface area (Å²) < 4.78 is 4.80. The quantitative estimate of drug-likeness (QED) is 0.811. The SMILES string of the molecule is CC.COc1ccccn1.N#C[C@H]1CCNC1. The molecule has 2 rings (SSSR count). The van der Waals surface area contributed by atoms with Gasteiger partial charge in [-0.25, -0.2) is 4.98 Å². The van der Waals surface area contributed by atoms with E-state index in [1.54, 1.807) is 19.4 Å². The molecule has 0 aromatic carbocycles. The van der Waals surface area contributed by atoms with Crippen molar-refractivity contribution >= 4 is 0 Å². The topological polar surface area (TPSA) is 57.9 Å². The van der Waals surface area contributed by atoms with Crippen molar-refractivity contribution in [2.75, 3.05) is 20.2 Å². The molecule has 1 N–H and O–H groups in total. The maximum atomic E-state index is 8.28. The Kier molecular flexibility index (Phi) is 9.88. The number of methoxy groups -OCH3 is 1. The third kappa shape index (κ3) is 7.31. The molecule has 1 saturated heterocycles. The van der Waals surface area contributed by atoms with E-state index in [1.165, 1.54) is 0 Å². The van der Waals surface area contributed by atoms with Gasteiger partial charge in [-0.05, 0) is 19.0 Å². The molecule has 0 bridgehead atoms. The Labute approximate surface area is 104 Å². The number of nitrogens with zero attached hydrogens (tertiary/aromatic N) is 2. The van der Waals surface area contributed by atoms with E-state index >= 15 is 0 Å². The van der Waals surface area contributed by atoms with Gasteiger partial charge in [0.25, 0.3) is 0 Å². The number of hydrogen-bond donors (Lipinski definition) is 1. The molecule has 1 atom stereocenters. The lowest BCUT2D eigenvalue weighted by molar-refractivity contribution is 0.398. The van der Waals surface area contributed by atoms with E-state index in [0.717, 1.165) is 19.5 Å². The summed E-state index contributed by atoms with van der Waals surface area (Å²) in [7, 11) is 1.60. The van der Waals surface area contributed by atoms with Crippen molar-refractivity contribution in [1.82, 2.24) is 10.3 Å². The van der Waals surface area contributed by atoms with Crippen molar-refractivity contribution < 1.29 is 4.74 Å². The zero-order valence-electron chi connectivity index (χ0n) is 10.8. The maximum Gasteiger partial charge on any atom is 0.212 e. The van der Waals surface area contributed by atoms with Gasteiger partial charge in [-0.3, -0.25) is 0 Å². The first-order chi connectivity index (χ1) is 8.36. The average molecular weight is 235 g/mol. The van der Waals surface area contributed by atoms with Crippen molar-refractivity contribution in [1.29, 1.82) is 5.26 Å². The van der Waals surface area contributed by atoms with Crippen molar-refractivity contribution in [3.05, 3.63) is 24.4 Å². The highest BCUT2D eigenvalue weighted by molar-refractivity contribution is 5.08. The number of ether oxygens (including phenoxy) is 1. The van der Waals surface area contributed by atoms with Crippen molar-refractivity contribution in [2.24, 2.45) is 5.92 Å². The van der Waals surface area contributed by atoms with Crippen LogP contribution in [0.2, 0.25) is 0 Å². The Balaban J connectivity index is 0.000000265. The predicted octanol–water partition coefficient (Wildman–Crippen LogP) is 2.24. The lowest BCUT2D eigenvalue weighted by Crippen LogP contribution is -2.07. The minimum absolute atomic E-state index is 0.292. The van der Waals surface area contributed by atoms with Gasteiger partial charge in [0.1, 0.15) is 0 Å². The van der Waals surface area contributed by atoms with Gasteiger partial charge in [0, 0.05) is 18.8 Å². The molecular formula is C13H21N3O. The summed E-state index contributed by atoms with van der Waals surface area (Å²) >= 11 is 0. The van der Waals surface area contributed by atoms with Crippen molar-refractivity contribution in [3.8, 4) is 11.9 Å². The van der Waals surface area contributed by atoms with Gasteiger partial charge < -0.3 is 10.1 Å². The minimum Gasteiger partial charge on any atom is -0.481 e. The highest BCUT2D eigenvalue weighted by Gasteiger charge is 2.11. The summed E-state index contributed by atoms with van der Waals surface area (Å²) in [5, 5.41) is 11.4. The Morgan fingerprint density at radius 2 is 2.24 bits per heavy atom. The highest BCUT2D eigenvalue weighted by Crippen LogP contribution is 2.03. The second kappa shape index (κ2) is 10.9. The van der Waals surface area contributed by atoms with Crippen LogP contribution >= 0.6 is 0 Å². The first kappa shape index (κ1) is 15.4. The van der Waals surface area contributed by atoms with E-state index in [2.05, 4.69) is 16.4 Å². The molecule has 0 radical (unpaired) electrons. The van der Waals surface area contributed by atoms with Gasteiger partial charge >= 0.3 is 0 Å². The summed E-state index contributed by atoms with van der Waals surface area (Å²) in [6.45, 7) is 5.93. The molecule has 2 heterocycles. The number of nitrogens with one attached hydrogen (secondary N) is 1. The monoisotopic (exact) mass is 235 g/mol. The number of hydrogen-bond acceptors (Lipinski definition) is 4. The third-order valence-corrected chi connectivity index (χ3v) is 2.09. The van der Waals surface area contributed by atoms with E-state index in [4.69, 9.17) is 10.00 Å². The normalized spacial score (nSPS) is 16.7. The molecule has 1 aliphatic heterocycles. The van der Waals surface area contributed by atoms with Crippen molar-refractivity contribution in [2.45, 2.75) is 20.3 Å². The second-order valence-electron chi connectivity index (χ2n) is 3.19. The minimum atomic E-state index is 0.292. The Morgan fingerprint density at radius 3 is 2.53 bits per heavy atom. The molecule has 17 heavy (non-hydrogen) atoms. The predicted molar refractivity (Wildman–Crippen MR) is 68.7 cm³/mol. The Bertz CT molecular complexity index is 302. The van der Waals surface area contributed by atoms with Crippen LogP contribution in [0.3, 0.4) is 0 Å². The van der Waals surface area contributed by atoms with E-state index in [-0.39, 0.29) is 0 Å². The maximum absolute atomic E-state index is 8.28. The molecule has 94 valence electrons. The molecule has 4 heteroatoms. The lowest BCUT2D eigenvalue weighted by atomic mass is 10.2. The third-order valence-electron chi connectivity index (χ3n) is 2.09.